The lowest BCUT2D eigenvalue weighted by atomic mass is 10.5. The topological polar surface area (TPSA) is 58.0 Å². The predicted octanol–water partition coefficient (Wildman–Crippen LogP) is 1.71. The Morgan fingerprint density at radius 2 is 2.27 bits per heavy atom. The van der Waals surface area contributed by atoms with Gasteiger partial charge in [0, 0.05) is 18.4 Å². The van der Waals surface area contributed by atoms with Gasteiger partial charge in [-0.05, 0) is 13.2 Å². The van der Waals surface area contributed by atoms with E-state index < -0.39 is 0 Å². The number of rotatable bonds is 6. The molecule has 0 spiro atoms. The fourth-order valence-corrected chi connectivity index (χ4v) is 2.07. The van der Waals surface area contributed by atoms with Crippen LogP contribution in [-0.2, 0) is 0 Å². The van der Waals surface area contributed by atoms with Crippen molar-refractivity contribution < 1.29 is 5.11 Å². The van der Waals surface area contributed by atoms with Crippen LogP contribution in [0, 0.1) is 0 Å². The molecule has 1 aromatic rings. The van der Waals surface area contributed by atoms with Gasteiger partial charge >= 0.3 is 0 Å². The summed E-state index contributed by atoms with van der Waals surface area (Å²) in [4.78, 5) is 8.65. The maximum absolute atomic E-state index is 8.74. The Morgan fingerprint density at radius 3 is 2.87 bits per heavy atom. The van der Waals surface area contributed by atoms with Crippen LogP contribution in [-0.4, -0.2) is 40.2 Å². The van der Waals surface area contributed by atoms with Crippen molar-refractivity contribution in [1.82, 2.24) is 9.97 Å². The van der Waals surface area contributed by atoms with Gasteiger partial charge in [0.1, 0.15) is 10.8 Å². The number of thioether (sulfide) groups is 2. The van der Waals surface area contributed by atoms with Crippen LogP contribution in [0.3, 0.4) is 0 Å². The third-order valence-corrected chi connectivity index (χ3v) is 3.00. The maximum Gasteiger partial charge on any atom is 0.190 e. The number of aliphatic hydroxyl groups is 1. The maximum atomic E-state index is 8.74. The van der Waals surface area contributed by atoms with E-state index in [1.807, 2.05) is 19.2 Å². The Hall–Kier alpha value is -0.460. The normalized spacial score (nSPS) is 10.3. The number of hydrogen-bond donors (Lipinski definition) is 2. The van der Waals surface area contributed by atoms with Gasteiger partial charge in [-0.1, -0.05) is 11.8 Å². The quantitative estimate of drug-likeness (QED) is 0.452. The van der Waals surface area contributed by atoms with Crippen LogP contribution >= 0.6 is 23.5 Å². The molecule has 4 nitrogen and oxygen atoms in total. The standard InChI is InChI=1S/C9H15N3OS2/c1-3-10-7-6-8(15-5-4-13)12-9(11-7)14-2/h6,13H,3-5H2,1-2H3,(H,10,11,12). The van der Waals surface area contributed by atoms with Gasteiger partial charge in [0.15, 0.2) is 5.16 Å². The first kappa shape index (κ1) is 12.6. The number of aliphatic hydroxyl groups excluding tert-OH is 1. The Balaban J connectivity index is 2.79. The van der Waals surface area contributed by atoms with Crippen molar-refractivity contribution in [2.75, 3.05) is 30.5 Å². The molecule has 1 heterocycles. The average molecular weight is 245 g/mol. The van der Waals surface area contributed by atoms with Gasteiger partial charge in [-0.3, -0.25) is 0 Å². The molecule has 0 fully saturated rings. The largest absolute Gasteiger partial charge is 0.396 e. The molecule has 0 aliphatic heterocycles. The Bertz CT molecular complexity index is 309. The predicted molar refractivity (Wildman–Crippen MR) is 65.8 cm³/mol. The van der Waals surface area contributed by atoms with Crippen LogP contribution in [0.1, 0.15) is 6.92 Å². The number of anilines is 1. The van der Waals surface area contributed by atoms with Crippen LogP contribution < -0.4 is 5.32 Å². The van der Waals surface area contributed by atoms with Crippen molar-refractivity contribution in [3.8, 4) is 0 Å². The summed E-state index contributed by atoms with van der Waals surface area (Å²) in [5.41, 5.74) is 0. The van der Waals surface area contributed by atoms with E-state index in [1.54, 1.807) is 0 Å². The molecule has 0 saturated carbocycles. The van der Waals surface area contributed by atoms with E-state index in [1.165, 1.54) is 23.5 Å². The Morgan fingerprint density at radius 1 is 1.47 bits per heavy atom. The fourth-order valence-electron chi connectivity index (χ4n) is 0.991. The summed E-state index contributed by atoms with van der Waals surface area (Å²) < 4.78 is 0. The number of nitrogens with zero attached hydrogens (tertiary/aromatic N) is 2. The molecule has 1 aromatic heterocycles. The zero-order chi connectivity index (χ0) is 11.1. The van der Waals surface area contributed by atoms with Crippen LogP contribution in [0.15, 0.2) is 16.2 Å². The molecule has 1 rings (SSSR count). The van der Waals surface area contributed by atoms with E-state index in [0.29, 0.717) is 5.75 Å². The van der Waals surface area contributed by atoms with E-state index in [-0.39, 0.29) is 6.61 Å². The molecular weight excluding hydrogens is 230 g/mol. The van der Waals surface area contributed by atoms with Crippen LogP contribution in [0.4, 0.5) is 5.82 Å². The van der Waals surface area contributed by atoms with Gasteiger partial charge in [-0.25, -0.2) is 9.97 Å². The van der Waals surface area contributed by atoms with Gasteiger partial charge in [-0.15, -0.1) is 11.8 Å². The van der Waals surface area contributed by atoms with E-state index >= 15 is 0 Å². The van der Waals surface area contributed by atoms with Crippen molar-refractivity contribution in [3.63, 3.8) is 0 Å². The summed E-state index contributed by atoms with van der Waals surface area (Å²) in [5.74, 6) is 1.51. The van der Waals surface area contributed by atoms with Gasteiger partial charge in [-0.2, -0.15) is 0 Å². The lowest BCUT2D eigenvalue weighted by Crippen LogP contribution is -2.02. The minimum Gasteiger partial charge on any atom is -0.396 e. The molecule has 0 aliphatic rings. The third kappa shape index (κ3) is 4.27. The summed E-state index contributed by atoms with van der Waals surface area (Å²) in [6.45, 7) is 3.04. The molecular formula is C9H15N3OS2. The minimum absolute atomic E-state index is 0.166. The lowest BCUT2D eigenvalue weighted by molar-refractivity contribution is 0.322. The summed E-state index contributed by atoms with van der Waals surface area (Å²) in [6.07, 6.45) is 1.95. The van der Waals surface area contributed by atoms with Gasteiger partial charge in [0.05, 0.1) is 6.61 Å². The van der Waals surface area contributed by atoms with Crippen LogP contribution in [0.2, 0.25) is 0 Å². The molecule has 15 heavy (non-hydrogen) atoms. The van der Waals surface area contributed by atoms with E-state index in [9.17, 15) is 0 Å². The highest BCUT2D eigenvalue weighted by Crippen LogP contribution is 2.21. The first-order valence-corrected chi connectivity index (χ1v) is 6.91. The van der Waals surface area contributed by atoms with Crippen molar-refractivity contribution in [1.29, 1.82) is 0 Å². The zero-order valence-corrected chi connectivity index (χ0v) is 10.5. The monoisotopic (exact) mass is 245 g/mol. The van der Waals surface area contributed by atoms with Gasteiger partial charge in [0.25, 0.3) is 0 Å². The van der Waals surface area contributed by atoms with Crippen molar-refractivity contribution in [3.05, 3.63) is 6.07 Å². The molecule has 0 aliphatic carbocycles. The number of hydrogen-bond acceptors (Lipinski definition) is 6. The van der Waals surface area contributed by atoms with Crippen LogP contribution in [0.5, 0.6) is 0 Å². The second-order valence-electron chi connectivity index (χ2n) is 2.68. The first-order valence-electron chi connectivity index (χ1n) is 4.70. The molecule has 0 aromatic carbocycles. The molecule has 2 N–H and O–H groups in total. The van der Waals surface area contributed by atoms with E-state index in [0.717, 1.165) is 22.5 Å². The summed E-state index contributed by atoms with van der Waals surface area (Å²) in [7, 11) is 0. The zero-order valence-electron chi connectivity index (χ0n) is 8.86. The molecule has 0 unspecified atom stereocenters. The Kier molecular flexibility index (Phi) is 5.82. The Labute approximate surface area is 98.3 Å². The van der Waals surface area contributed by atoms with Crippen molar-refractivity contribution in [2.24, 2.45) is 0 Å². The fraction of sp³-hybridized carbons (Fsp3) is 0.556. The summed E-state index contributed by atoms with van der Waals surface area (Å²) in [6, 6.07) is 1.91. The molecule has 0 radical (unpaired) electrons. The highest BCUT2D eigenvalue weighted by Gasteiger charge is 2.03. The van der Waals surface area contributed by atoms with Gasteiger partial charge < -0.3 is 10.4 Å². The van der Waals surface area contributed by atoms with E-state index in [4.69, 9.17) is 5.11 Å². The van der Waals surface area contributed by atoms with Gasteiger partial charge in [0.2, 0.25) is 0 Å². The van der Waals surface area contributed by atoms with Crippen molar-refractivity contribution >= 4 is 29.3 Å². The molecule has 84 valence electrons. The molecule has 0 atom stereocenters. The number of nitrogens with one attached hydrogen (secondary N) is 1. The molecule has 0 amide bonds. The smallest absolute Gasteiger partial charge is 0.190 e. The SMILES string of the molecule is CCNc1cc(SCCO)nc(SC)n1. The lowest BCUT2D eigenvalue weighted by Gasteiger charge is -2.06. The van der Waals surface area contributed by atoms with Crippen LogP contribution in [0.25, 0.3) is 0 Å². The second kappa shape index (κ2) is 6.92. The molecule has 6 heteroatoms. The summed E-state index contributed by atoms with van der Waals surface area (Å²) >= 11 is 3.05. The van der Waals surface area contributed by atoms with E-state index in [2.05, 4.69) is 15.3 Å². The van der Waals surface area contributed by atoms with Crippen molar-refractivity contribution in [2.45, 2.75) is 17.1 Å². The third-order valence-electron chi connectivity index (χ3n) is 1.56. The highest BCUT2D eigenvalue weighted by molar-refractivity contribution is 7.99. The molecule has 0 bridgehead atoms. The molecule has 0 saturated heterocycles. The number of aromatic nitrogens is 2. The summed E-state index contributed by atoms with van der Waals surface area (Å²) in [5, 5.41) is 13.6. The minimum atomic E-state index is 0.166. The highest BCUT2D eigenvalue weighted by atomic mass is 32.2. The first-order chi connectivity index (χ1) is 7.30. The average Bonchev–Trinajstić information content (AvgIpc) is 2.26. The second-order valence-corrected chi connectivity index (χ2v) is 4.57.